The Kier molecular flexibility index (Phi) is 46.5. The van der Waals surface area contributed by atoms with E-state index in [1.807, 2.05) is 27.2 Å². The number of nitrogens with one attached hydrogen (secondary N) is 1. The van der Waals surface area contributed by atoms with Crippen LogP contribution >= 0.6 is 7.82 Å². The summed E-state index contributed by atoms with van der Waals surface area (Å²) in [6.07, 6.45) is 65.7. The van der Waals surface area contributed by atoms with Crippen LogP contribution in [0.4, 0.5) is 0 Å². The maximum absolute atomic E-state index is 12.9. The van der Waals surface area contributed by atoms with E-state index in [1.54, 1.807) is 6.08 Å². The molecule has 0 radical (unpaired) electrons. The number of hydrogen-bond acceptors (Lipinski definition) is 5. The Morgan fingerprint density at radius 2 is 0.909 bits per heavy atom. The summed E-state index contributed by atoms with van der Waals surface area (Å²) in [6, 6.07) is -0.848. The maximum Gasteiger partial charge on any atom is 0.472 e. The number of unbranched alkanes of at least 4 members (excludes halogenated alkanes) is 26. The van der Waals surface area contributed by atoms with E-state index >= 15 is 0 Å². The number of carbonyl (C=O) groups excluding carboxylic acids is 1. The molecule has 384 valence electrons. The minimum absolute atomic E-state index is 0.0599. The van der Waals surface area contributed by atoms with Crippen molar-refractivity contribution in [3.05, 3.63) is 72.9 Å². The molecule has 0 fully saturated rings. The third-order valence-electron chi connectivity index (χ3n) is 11.9. The molecule has 1 amide bonds. The summed E-state index contributed by atoms with van der Waals surface area (Å²) in [6.45, 7) is 4.70. The molecule has 0 aromatic rings. The number of carbonyl (C=O) groups is 1. The second-order valence-electron chi connectivity index (χ2n) is 19.6. The van der Waals surface area contributed by atoms with Crippen molar-refractivity contribution >= 4 is 13.7 Å². The molecule has 0 spiro atoms. The average molecular weight is 946 g/mol. The molecule has 0 saturated heterocycles. The standard InChI is InChI=1S/C57H105N2O6P/c1-6-8-10-12-14-16-18-20-21-22-23-24-25-26-27-28-29-30-31-32-33-34-35-36-37-39-41-43-45-47-49-51-57(61)58-55(54-65-66(62,63)64-53-52-59(3,4)5)56(60)50-48-46-44-42-40-38-19-17-15-13-11-9-7-2/h8,10,14,16,20-21,23-24,26-27,48,50,55-56,60H,6-7,9,11-13,15,17-19,22,25,28-47,49,51-54H2,1-5H3,(H-,58,61,62,63)/p+1/b10-8-,16-14-,21-20-,24-23-,27-26-,50-48+. The predicted molar refractivity (Wildman–Crippen MR) is 286 cm³/mol. The van der Waals surface area contributed by atoms with Crippen molar-refractivity contribution in [2.24, 2.45) is 0 Å². The number of aliphatic hydroxyl groups excluding tert-OH is 1. The molecular formula is C57H106N2O6P+. The van der Waals surface area contributed by atoms with Gasteiger partial charge in [0.15, 0.2) is 0 Å². The Bertz CT molecular complexity index is 1300. The highest BCUT2D eigenvalue weighted by Gasteiger charge is 2.27. The van der Waals surface area contributed by atoms with Gasteiger partial charge in [0.25, 0.3) is 0 Å². The molecule has 0 aromatic carbocycles. The summed E-state index contributed by atoms with van der Waals surface area (Å²) in [4.78, 5) is 23.2. The van der Waals surface area contributed by atoms with Gasteiger partial charge in [-0.3, -0.25) is 13.8 Å². The first kappa shape index (κ1) is 63.9. The fourth-order valence-electron chi connectivity index (χ4n) is 7.66. The molecule has 66 heavy (non-hydrogen) atoms. The van der Waals surface area contributed by atoms with Crippen molar-refractivity contribution in [2.75, 3.05) is 40.9 Å². The first-order valence-electron chi connectivity index (χ1n) is 27.3. The molecule has 8 nitrogen and oxygen atoms in total. The molecular weight excluding hydrogens is 840 g/mol. The lowest BCUT2D eigenvalue weighted by atomic mass is 10.0. The minimum atomic E-state index is -4.34. The van der Waals surface area contributed by atoms with Crippen LogP contribution in [-0.2, 0) is 18.4 Å². The van der Waals surface area contributed by atoms with Gasteiger partial charge in [-0.05, 0) is 64.2 Å². The molecule has 0 aliphatic carbocycles. The van der Waals surface area contributed by atoms with Crippen LogP contribution in [0.3, 0.4) is 0 Å². The second kappa shape index (κ2) is 48.0. The second-order valence-corrected chi connectivity index (χ2v) is 21.0. The summed E-state index contributed by atoms with van der Waals surface area (Å²) in [5, 5.41) is 13.9. The normalized spacial score (nSPS) is 14.6. The van der Waals surface area contributed by atoms with E-state index in [-0.39, 0.29) is 19.1 Å². The van der Waals surface area contributed by atoms with Crippen molar-refractivity contribution in [2.45, 2.75) is 244 Å². The first-order valence-corrected chi connectivity index (χ1v) is 28.8. The molecule has 3 atom stereocenters. The average Bonchev–Trinajstić information content (AvgIpc) is 3.28. The number of quaternary nitrogens is 1. The molecule has 0 rings (SSSR count). The monoisotopic (exact) mass is 946 g/mol. The van der Waals surface area contributed by atoms with E-state index in [1.165, 1.54) is 141 Å². The summed E-state index contributed by atoms with van der Waals surface area (Å²) in [7, 11) is 1.57. The van der Waals surface area contributed by atoms with Gasteiger partial charge in [0.2, 0.25) is 5.91 Å². The molecule has 0 aliphatic heterocycles. The van der Waals surface area contributed by atoms with Crippen LogP contribution in [0.2, 0.25) is 0 Å². The number of phosphoric acid groups is 1. The van der Waals surface area contributed by atoms with Crippen LogP contribution in [0.15, 0.2) is 72.9 Å². The van der Waals surface area contributed by atoms with Crippen LogP contribution in [0, 0.1) is 0 Å². The highest BCUT2D eigenvalue weighted by Crippen LogP contribution is 2.43. The third-order valence-corrected chi connectivity index (χ3v) is 12.9. The van der Waals surface area contributed by atoms with E-state index in [0.29, 0.717) is 17.4 Å². The van der Waals surface area contributed by atoms with Gasteiger partial charge < -0.3 is 19.8 Å². The van der Waals surface area contributed by atoms with E-state index in [0.717, 1.165) is 70.6 Å². The van der Waals surface area contributed by atoms with Gasteiger partial charge in [0, 0.05) is 6.42 Å². The minimum Gasteiger partial charge on any atom is -0.387 e. The number of nitrogens with zero attached hydrogens (tertiary/aromatic N) is 1. The van der Waals surface area contributed by atoms with Crippen molar-refractivity contribution < 1.29 is 32.9 Å². The molecule has 0 bridgehead atoms. The number of aliphatic hydroxyl groups is 1. The zero-order chi connectivity index (χ0) is 48.5. The molecule has 3 unspecified atom stereocenters. The van der Waals surface area contributed by atoms with Crippen LogP contribution in [-0.4, -0.2) is 73.4 Å². The lowest BCUT2D eigenvalue weighted by Crippen LogP contribution is -2.45. The maximum atomic E-state index is 12.9. The number of rotatable bonds is 49. The van der Waals surface area contributed by atoms with E-state index in [2.05, 4.69) is 79.9 Å². The van der Waals surface area contributed by atoms with E-state index in [4.69, 9.17) is 9.05 Å². The van der Waals surface area contributed by atoms with Gasteiger partial charge in [-0.15, -0.1) is 0 Å². The molecule has 3 N–H and O–H groups in total. The molecule has 9 heteroatoms. The lowest BCUT2D eigenvalue weighted by Gasteiger charge is -2.25. The number of phosphoric ester groups is 1. The Morgan fingerprint density at radius 3 is 1.33 bits per heavy atom. The summed E-state index contributed by atoms with van der Waals surface area (Å²) < 4.78 is 23.6. The fraction of sp³-hybridized carbons (Fsp3) is 0.772. The molecule has 0 aromatic heterocycles. The Balaban J connectivity index is 4.10. The van der Waals surface area contributed by atoms with E-state index in [9.17, 15) is 19.4 Å². The van der Waals surface area contributed by atoms with Crippen LogP contribution in [0.1, 0.15) is 232 Å². The third kappa shape index (κ3) is 49.8. The van der Waals surface area contributed by atoms with Crippen LogP contribution < -0.4 is 5.32 Å². The van der Waals surface area contributed by atoms with E-state index < -0.39 is 20.0 Å². The fourth-order valence-corrected chi connectivity index (χ4v) is 8.39. The van der Waals surface area contributed by atoms with Crippen molar-refractivity contribution in [3.63, 3.8) is 0 Å². The predicted octanol–water partition coefficient (Wildman–Crippen LogP) is 16.3. The van der Waals surface area contributed by atoms with Crippen LogP contribution in [0.5, 0.6) is 0 Å². The van der Waals surface area contributed by atoms with Gasteiger partial charge in [-0.2, -0.15) is 0 Å². The SMILES string of the molecule is CC/C=C\C/C=C\C/C=C\C/C=C\C/C=C\CCCCCCCCCCCCCCCCCC(=O)NC(COP(=O)(O)OCC[N+](C)(C)C)C(O)/C=C/CCCCCCCCCCCCC. The smallest absolute Gasteiger partial charge is 0.387 e. The highest BCUT2D eigenvalue weighted by molar-refractivity contribution is 7.47. The molecule has 0 aliphatic rings. The number of hydrogen-bond donors (Lipinski definition) is 3. The number of amides is 1. The van der Waals surface area contributed by atoms with Gasteiger partial charge in [-0.25, -0.2) is 4.57 Å². The summed E-state index contributed by atoms with van der Waals surface area (Å²) in [5.74, 6) is -0.179. The highest BCUT2D eigenvalue weighted by atomic mass is 31.2. The van der Waals surface area contributed by atoms with Crippen LogP contribution in [0.25, 0.3) is 0 Å². The number of allylic oxidation sites excluding steroid dienone is 11. The Morgan fingerprint density at radius 1 is 0.530 bits per heavy atom. The quantitative estimate of drug-likeness (QED) is 0.0243. The molecule has 0 heterocycles. The van der Waals surface area contributed by atoms with Gasteiger partial charge in [0.05, 0.1) is 39.9 Å². The van der Waals surface area contributed by atoms with Crippen molar-refractivity contribution in [3.8, 4) is 0 Å². The first-order chi connectivity index (χ1) is 32.0. The van der Waals surface area contributed by atoms with Gasteiger partial charge in [0.1, 0.15) is 13.2 Å². The topological polar surface area (TPSA) is 105 Å². The summed E-state index contributed by atoms with van der Waals surface area (Å²) in [5.41, 5.74) is 0. The zero-order valence-corrected chi connectivity index (χ0v) is 44.6. The van der Waals surface area contributed by atoms with Crippen molar-refractivity contribution in [1.82, 2.24) is 5.32 Å². The number of likely N-dealkylation sites (N-methyl/N-ethyl adjacent to an activating group) is 1. The molecule has 0 saturated carbocycles. The Hall–Kier alpha value is -2.06. The lowest BCUT2D eigenvalue weighted by molar-refractivity contribution is -0.870. The Labute approximate surface area is 408 Å². The summed E-state index contributed by atoms with van der Waals surface area (Å²) >= 11 is 0. The van der Waals surface area contributed by atoms with Gasteiger partial charge in [-0.1, -0.05) is 234 Å². The van der Waals surface area contributed by atoms with Crippen molar-refractivity contribution in [1.29, 1.82) is 0 Å². The van der Waals surface area contributed by atoms with Gasteiger partial charge >= 0.3 is 7.82 Å². The zero-order valence-electron chi connectivity index (χ0n) is 43.7. The largest absolute Gasteiger partial charge is 0.472 e.